The molecule has 0 aromatic heterocycles. The Bertz CT molecular complexity index is 528. The van der Waals surface area contributed by atoms with Crippen LogP contribution in [-0.4, -0.2) is 34.1 Å². The molecule has 0 aliphatic heterocycles. The van der Waals surface area contributed by atoms with Crippen molar-refractivity contribution in [3.05, 3.63) is 29.8 Å². The maximum Gasteiger partial charge on any atom is 0.303 e. The van der Waals surface area contributed by atoms with Crippen LogP contribution in [0.25, 0.3) is 0 Å². The van der Waals surface area contributed by atoms with Gasteiger partial charge in [-0.05, 0) is 24.1 Å². The number of alkyl halides is 1. The molecule has 1 aromatic rings. The smallest absolute Gasteiger partial charge is 0.303 e. The van der Waals surface area contributed by atoms with Crippen LogP contribution in [0.1, 0.15) is 31.7 Å². The fourth-order valence-electron chi connectivity index (χ4n) is 2.53. The van der Waals surface area contributed by atoms with Gasteiger partial charge in [0.2, 0.25) is 0 Å². The average Bonchev–Trinajstić information content (AvgIpc) is 2.77. The molecule has 22 heavy (non-hydrogen) atoms. The molecule has 5 nitrogen and oxygen atoms in total. The van der Waals surface area contributed by atoms with Crippen LogP contribution in [0.2, 0.25) is 0 Å². The van der Waals surface area contributed by atoms with Gasteiger partial charge in [-0.25, -0.2) is 0 Å². The van der Waals surface area contributed by atoms with Gasteiger partial charge in [0, 0.05) is 31.0 Å². The fraction of sp³-hybridized carbons (Fsp3) is 0.500. The van der Waals surface area contributed by atoms with E-state index in [2.05, 4.69) is 15.9 Å². The van der Waals surface area contributed by atoms with Gasteiger partial charge in [-0.3, -0.25) is 9.59 Å². The van der Waals surface area contributed by atoms with E-state index < -0.39 is 5.97 Å². The molecule has 0 amide bonds. The number of aliphatic carboxylic acids is 1. The van der Waals surface area contributed by atoms with Crippen molar-refractivity contribution >= 4 is 27.9 Å². The van der Waals surface area contributed by atoms with Gasteiger partial charge >= 0.3 is 11.9 Å². The first-order chi connectivity index (χ1) is 10.4. The molecule has 3 atom stereocenters. The van der Waals surface area contributed by atoms with E-state index in [1.54, 1.807) is 0 Å². The van der Waals surface area contributed by atoms with Crippen molar-refractivity contribution in [3.8, 4) is 5.75 Å². The average molecular weight is 371 g/mol. The molecule has 6 heteroatoms. The molecule has 2 rings (SSSR count). The van der Waals surface area contributed by atoms with E-state index in [1.165, 1.54) is 6.92 Å². The molecular weight excluding hydrogens is 352 g/mol. The molecule has 0 radical (unpaired) electrons. The number of carbonyl (C=O) groups excluding carboxylic acids is 1. The third-order valence-corrected chi connectivity index (χ3v) is 4.29. The van der Waals surface area contributed by atoms with Crippen LogP contribution in [0.3, 0.4) is 0 Å². The maximum atomic E-state index is 11.1. The second-order valence-electron chi connectivity index (χ2n) is 5.41. The van der Waals surface area contributed by atoms with Crippen LogP contribution in [-0.2, 0) is 20.7 Å². The number of hydrogen-bond acceptors (Lipinski definition) is 4. The zero-order valence-electron chi connectivity index (χ0n) is 12.3. The van der Waals surface area contributed by atoms with Crippen LogP contribution in [0.4, 0.5) is 0 Å². The lowest BCUT2D eigenvalue weighted by atomic mass is 10.1. The standard InChI is InChI=1S/C16H19BrO5/c1-10(18)21-14-8-12(17)9-15(14)22-13-5-2-11(3-6-13)4-7-16(19)20/h2-3,5-6,12,14-15H,4,7-9H2,1H3,(H,19,20). The zero-order valence-corrected chi connectivity index (χ0v) is 13.9. The molecule has 1 saturated carbocycles. The summed E-state index contributed by atoms with van der Waals surface area (Å²) in [6.45, 7) is 1.40. The van der Waals surface area contributed by atoms with Gasteiger partial charge in [0.25, 0.3) is 0 Å². The first-order valence-electron chi connectivity index (χ1n) is 7.22. The summed E-state index contributed by atoms with van der Waals surface area (Å²) in [5, 5.41) is 8.67. The molecule has 1 aliphatic rings. The van der Waals surface area contributed by atoms with Crippen molar-refractivity contribution in [2.45, 2.75) is 49.6 Å². The summed E-state index contributed by atoms with van der Waals surface area (Å²) < 4.78 is 11.2. The number of carboxylic acids is 1. The molecule has 1 N–H and O–H groups in total. The third kappa shape index (κ3) is 5.02. The van der Waals surface area contributed by atoms with Crippen LogP contribution < -0.4 is 4.74 Å². The Hall–Kier alpha value is -1.56. The molecular formula is C16H19BrO5. The van der Waals surface area contributed by atoms with Gasteiger partial charge in [-0.2, -0.15) is 0 Å². The normalized spacial score (nSPS) is 24.0. The topological polar surface area (TPSA) is 72.8 Å². The number of aryl methyl sites for hydroxylation is 1. The van der Waals surface area contributed by atoms with Crippen molar-refractivity contribution in [1.82, 2.24) is 0 Å². The number of esters is 1. The lowest BCUT2D eigenvalue weighted by Crippen LogP contribution is -2.30. The van der Waals surface area contributed by atoms with Crippen molar-refractivity contribution < 1.29 is 24.2 Å². The SMILES string of the molecule is CC(=O)OC1CC(Br)CC1Oc1ccc(CCC(=O)O)cc1. The lowest BCUT2D eigenvalue weighted by Gasteiger charge is -2.20. The molecule has 120 valence electrons. The number of halogens is 1. The van der Waals surface area contributed by atoms with E-state index in [1.807, 2.05) is 24.3 Å². The molecule has 0 heterocycles. The highest BCUT2D eigenvalue weighted by atomic mass is 79.9. The molecule has 0 saturated heterocycles. The van der Waals surface area contributed by atoms with Gasteiger partial charge in [0.15, 0.2) is 0 Å². The number of ether oxygens (including phenoxy) is 2. The number of benzene rings is 1. The summed E-state index contributed by atoms with van der Waals surface area (Å²) in [5.41, 5.74) is 0.955. The fourth-order valence-corrected chi connectivity index (χ4v) is 3.26. The van der Waals surface area contributed by atoms with Gasteiger partial charge in [0.05, 0.1) is 0 Å². The van der Waals surface area contributed by atoms with E-state index in [-0.39, 0.29) is 29.4 Å². The number of hydrogen-bond donors (Lipinski definition) is 1. The second-order valence-corrected chi connectivity index (χ2v) is 6.71. The van der Waals surface area contributed by atoms with Crippen LogP contribution in [0.15, 0.2) is 24.3 Å². The van der Waals surface area contributed by atoms with Crippen LogP contribution in [0.5, 0.6) is 5.75 Å². The highest BCUT2D eigenvalue weighted by molar-refractivity contribution is 9.09. The molecule has 0 bridgehead atoms. The summed E-state index contributed by atoms with van der Waals surface area (Å²) in [6, 6.07) is 7.37. The summed E-state index contributed by atoms with van der Waals surface area (Å²) in [6.07, 6.45) is 1.72. The quantitative estimate of drug-likeness (QED) is 0.615. The Morgan fingerprint density at radius 3 is 2.45 bits per heavy atom. The molecule has 1 aromatic carbocycles. The highest BCUT2D eigenvalue weighted by Crippen LogP contribution is 2.31. The molecule has 0 spiro atoms. The van der Waals surface area contributed by atoms with Gasteiger partial charge < -0.3 is 14.6 Å². The van der Waals surface area contributed by atoms with Crippen molar-refractivity contribution in [2.75, 3.05) is 0 Å². The Balaban J connectivity index is 1.94. The van der Waals surface area contributed by atoms with Crippen molar-refractivity contribution in [2.24, 2.45) is 0 Å². The summed E-state index contributed by atoms with van der Waals surface area (Å²) in [5.74, 6) is -0.411. The van der Waals surface area contributed by atoms with E-state index in [0.29, 0.717) is 12.2 Å². The van der Waals surface area contributed by atoms with E-state index >= 15 is 0 Å². The minimum atomic E-state index is -0.807. The van der Waals surface area contributed by atoms with Crippen molar-refractivity contribution in [1.29, 1.82) is 0 Å². The Labute approximate surface area is 137 Å². The van der Waals surface area contributed by atoms with E-state index in [4.69, 9.17) is 14.6 Å². The minimum Gasteiger partial charge on any atom is -0.487 e. The second kappa shape index (κ2) is 7.63. The summed E-state index contributed by atoms with van der Waals surface area (Å²) >= 11 is 3.54. The Kier molecular flexibility index (Phi) is 5.83. The van der Waals surface area contributed by atoms with Crippen LogP contribution in [0, 0.1) is 0 Å². The van der Waals surface area contributed by atoms with E-state index in [9.17, 15) is 9.59 Å². The molecule has 1 aliphatic carbocycles. The summed E-state index contributed by atoms with van der Waals surface area (Å²) in [7, 11) is 0. The predicted octanol–water partition coefficient (Wildman–Crippen LogP) is 2.94. The van der Waals surface area contributed by atoms with E-state index in [0.717, 1.165) is 18.4 Å². The minimum absolute atomic E-state index is 0.114. The maximum absolute atomic E-state index is 11.1. The predicted molar refractivity (Wildman–Crippen MR) is 84.3 cm³/mol. The summed E-state index contributed by atoms with van der Waals surface area (Å²) in [4.78, 5) is 22.0. The van der Waals surface area contributed by atoms with Crippen LogP contribution >= 0.6 is 15.9 Å². The third-order valence-electron chi connectivity index (χ3n) is 3.55. The molecule has 1 fully saturated rings. The highest BCUT2D eigenvalue weighted by Gasteiger charge is 2.37. The van der Waals surface area contributed by atoms with Gasteiger partial charge in [-0.1, -0.05) is 28.1 Å². The monoisotopic (exact) mass is 370 g/mol. The first-order valence-corrected chi connectivity index (χ1v) is 8.14. The number of carbonyl (C=O) groups is 2. The van der Waals surface area contributed by atoms with Gasteiger partial charge in [-0.15, -0.1) is 0 Å². The largest absolute Gasteiger partial charge is 0.487 e. The first kappa shape index (κ1) is 16.8. The molecule has 3 unspecified atom stereocenters. The van der Waals surface area contributed by atoms with Gasteiger partial charge in [0.1, 0.15) is 18.0 Å². The zero-order chi connectivity index (χ0) is 16.1. The number of carboxylic acid groups (broad SMARTS) is 1. The Morgan fingerprint density at radius 1 is 1.23 bits per heavy atom. The Morgan fingerprint density at radius 2 is 1.86 bits per heavy atom. The lowest BCUT2D eigenvalue weighted by molar-refractivity contribution is -0.149. The number of rotatable bonds is 6. The van der Waals surface area contributed by atoms with Crippen molar-refractivity contribution in [3.63, 3.8) is 0 Å².